The largest absolute Gasteiger partial charge is 0.497 e. The molecule has 1 heterocycles. The first-order valence-electron chi connectivity index (χ1n) is 5.57. The summed E-state index contributed by atoms with van der Waals surface area (Å²) in [7, 11) is 1.65. The first kappa shape index (κ1) is 11.6. The molecule has 5 heteroatoms. The van der Waals surface area contributed by atoms with Crippen molar-refractivity contribution >= 4 is 0 Å². The summed E-state index contributed by atoms with van der Waals surface area (Å²) in [6.07, 6.45) is 0. The monoisotopic (exact) mass is 232 g/mol. The molecule has 2 rings (SSSR count). The Balaban J connectivity index is 2.46. The van der Waals surface area contributed by atoms with Crippen LogP contribution in [0.1, 0.15) is 12.6 Å². The lowest BCUT2D eigenvalue weighted by atomic mass is 10.1. The van der Waals surface area contributed by atoms with Gasteiger partial charge >= 0.3 is 0 Å². The van der Waals surface area contributed by atoms with Gasteiger partial charge in [-0.25, -0.2) is 4.68 Å². The molecule has 0 spiro atoms. The van der Waals surface area contributed by atoms with Crippen LogP contribution in [0.25, 0.3) is 11.3 Å². The van der Waals surface area contributed by atoms with Crippen molar-refractivity contribution in [2.45, 2.75) is 20.0 Å². The number of hydrogen-bond acceptors (Lipinski definition) is 4. The molecule has 0 fully saturated rings. The van der Waals surface area contributed by atoms with Crippen molar-refractivity contribution in [1.82, 2.24) is 15.0 Å². The highest BCUT2D eigenvalue weighted by Gasteiger charge is 2.12. The van der Waals surface area contributed by atoms with Gasteiger partial charge in [-0.3, -0.25) is 0 Å². The van der Waals surface area contributed by atoms with Gasteiger partial charge in [0.05, 0.1) is 12.8 Å². The third-order valence-electron chi connectivity index (χ3n) is 2.66. The van der Waals surface area contributed by atoms with Crippen LogP contribution in [0, 0.1) is 0 Å². The first-order valence-corrected chi connectivity index (χ1v) is 5.57. The van der Waals surface area contributed by atoms with Gasteiger partial charge in [-0.2, -0.15) is 0 Å². The van der Waals surface area contributed by atoms with Crippen molar-refractivity contribution in [3.63, 3.8) is 0 Å². The zero-order chi connectivity index (χ0) is 12.3. The average Bonchev–Trinajstić information content (AvgIpc) is 2.81. The Labute approximate surface area is 100 Å². The molecule has 0 radical (unpaired) electrons. The van der Waals surface area contributed by atoms with Crippen LogP contribution in [0.4, 0.5) is 0 Å². The van der Waals surface area contributed by atoms with Gasteiger partial charge in [0, 0.05) is 18.7 Å². The summed E-state index contributed by atoms with van der Waals surface area (Å²) >= 11 is 0. The van der Waals surface area contributed by atoms with Crippen LogP contribution in [0.2, 0.25) is 0 Å². The highest BCUT2D eigenvalue weighted by Crippen LogP contribution is 2.24. The normalized spacial score (nSPS) is 10.5. The molecule has 0 amide bonds. The van der Waals surface area contributed by atoms with E-state index in [0.717, 1.165) is 29.2 Å². The molecule has 1 aromatic carbocycles. The summed E-state index contributed by atoms with van der Waals surface area (Å²) in [5, 5.41) is 8.16. The molecule has 0 aliphatic carbocycles. The van der Waals surface area contributed by atoms with Gasteiger partial charge in [-0.15, -0.1) is 5.10 Å². The molecular weight excluding hydrogens is 216 g/mol. The third-order valence-corrected chi connectivity index (χ3v) is 2.66. The number of benzene rings is 1. The molecule has 0 aliphatic rings. The zero-order valence-corrected chi connectivity index (χ0v) is 10.1. The first-order chi connectivity index (χ1) is 8.30. The molecule has 2 aromatic rings. The van der Waals surface area contributed by atoms with Crippen molar-refractivity contribution in [3.05, 3.63) is 30.0 Å². The summed E-state index contributed by atoms with van der Waals surface area (Å²) in [4.78, 5) is 0. The molecule has 1 aromatic heterocycles. The highest BCUT2D eigenvalue weighted by atomic mass is 16.5. The van der Waals surface area contributed by atoms with Crippen LogP contribution in [-0.4, -0.2) is 22.1 Å². The zero-order valence-electron chi connectivity index (χ0n) is 10.1. The van der Waals surface area contributed by atoms with Gasteiger partial charge in [-0.1, -0.05) is 5.21 Å². The SMILES string of the molecule is CCn1nnc(CN)c1-c1ccc(OC)cc1. The average molecular weight is 232 g/mol. The molecule has 0 bridgehead atoms. The van der Waals surface area contributed by atoms with Gasteiger partial charge in [-0.05, 0) is 31.2 Å². The highest BCUT2D eigenvalue weighted by molar-refractivity contribution is 5.62. The predicted octanol–water partition coefficient (Wildman–Crippen LogP) is 1.43. The minimum absolute atomic E-state index is 0.390. The van der Waals surface area contributed by atoms with Gasteiger partial charge < -0.3 is 10.5 Å². The molecule has 17 heavy (non-hydrogen) atoms. The Kier molecular flexibility index (Phi) is 3.39. The second kappa shape index (κ2) is 4.97. The number of rotatable bonds is 4. The second-order valence-electron chi connectivity index (χ2n) is 3.63. The molecular formula is C12H16N4O. The molecule has 0 atom stereocenters. The van der Waals surface area contributed by atoms with E-state index in [1.807, 2.05) is 35.9 Å². The van der Waals surface area contributed by atoms with E-state index in [4.69, 9.17) is 10.5 Å². The third kappa shape index (κ3) is 2.14. The maximum atomic E-state index is 5.67. The standard InChI is InChI=1S/C12H16N4O/c1-3-16-12(11(8-13)14-15-16)9-4-6-10(17-2)7-5-9/h4-7H,3,8,13H2,1-2H3. The Morgan fingerprint density at radius 2 is 2.00 bits per heavy atom. The minimum atomic E-state index is 0.390. The van der Waals surface area contributed by atoms with Crippen molar-refractivity contribution in [3.8, 4) is 17.0 Å². The number of ether oxygens (including phenoxy) is 1. The van der Waals surface area contributed by atoms with E-state index >= 15 is 0 Å². The van der Waals surface area contributed by atoms with Crippen LogP contribution in [0.15, 0.2) is 24.3 Å². The van der Waals surface area contributed by atoms with E-state index in [1.54, 1.807) is 7.11 Å². The summed E-state index contributed by atoms with van der Waals surface area (Å²) in [5.74, 6) is 0.832. The molecule has 2 N–H and O–H groups in total. The molecule has 0 saturated carbocycles. The van der Waals surface area contributed by atoms with Crippen LogP contribution in [-0.2, 0) is 13.1 Å². The van der Waals surface area contributed by atoms with Crippen LogP contribution >= 0.6 is 0 Å². The fraction of sp³-hybridized carbons (Fsp3) is 0.333. The predicted molar refractivity (Wildman–Crippen MR) is 65.6 cm³/mol. The fourth-order valence-corrected chi connectivity index (χ4v) is 1.77. The van der Waals surface area contributed by atoms with Crippen molar-refractivity contribution in [2.24, 2.45) is 5.73 Å². The summed E-state index contributed by atoms with van der Waals surface area (Å²) < 4.78 is 6.99. The lowest BCUT2D eigenvalue weighted by Crippen LogP contribution is -2.02. The number of nitrogens with two attached hydrogens (primary N) is 1. The van der Waals surface area contributed by atoms with Crippen LogP contribution in [0.3, 0.4) is 0 Å². The lowest BCUT2D eigenvalue weighted by molar-refractivity contribution is 0.415. The topological polar surface area (TPSA) is 66.0 Å². The smallest absolute Gasteiger partial charge is 0.118 e. The Bertz CT molecular complexity index is 468. The van der Waals surface area contributed by atoms with Gasteiger partial charge in [0.15, 0.2) is 0 Å². The van der Waals surface area contributed by atoms with Crippen LogP contribution in [0.5, 0.6) is 5.75 Å². The lowest BCUT2D eigenvalue weighted by Gasteiger charge is -2.06. The number of methoxy groups -OCH3 is 1. The Hall–Kier alpha value is -1.88. The quantitative estimate of drug-likeness (QED) is 0.866. The van der Waals surface area contributed by atoms with Gasteiger partial charge in [0.25, 0.3) is 0 Å². The van der Waals surface area contributed by atoms with E-state index in [-0.39, 0.29) is 0 Å². The van der Waals surface area contributed by atoms with Crippen molar-refractivity contribution < 1.29 is 4.74 Å². The van der Waals surface area contributed by atoms with Crippen molar-refractivity contribution in [1.29, 1.82) is 0 Å². The molecule has 5 nitrogen and oxygen atoms in total. The summed E-state index contributed by atoms with van der Waals surface area (Å²) in [6.45, 7) is 3.19. The van der Waals surface area contributed by atoms with E-state index in [1.165, 1.54) is 0 Å². The number of aryl methyl sites for hydroxylation is 1. The molecule has 0 saturated heterocycles. The minimum Gasteiger partial charge on any atom is -0.497 e. The van der Waals surface area contributed by atoms with E-state index < -0.39 is 0 Å². The van der Waals surface area contributed by atoms with E-state index in [2.05, 4.69) is 10.3 Å². The fourth-order valence-electron chi connectivity index (χ4n) is 1.77. The van der Waals surface area contributed by atoms with E-state index in [9.17, 15) is 0 Å². The molecule has 90 valence electrons. The maximum absolute atomic E-state index is 5.67. The number of nitrogens with zero attached hydrogens (tertiary/aromatic N) is 3. The Morgan fingerprint density at radius 1 is 1.29 bits per heavy atom. The Morgan fingerprint density at radius 3 is 2.53 bits per heavy atom. The summed E-state index contributed by atoms with van der Waals surface area (Å²) in [5.41, 5.74) is 8.53. The summed E-state index contributed by atoms with van der Waals surface area (Å²) in [6, 6.07) is 7.82. The van der Waals surface area contributed by atoms with Crippen molar-refractivity contribution in [2.75, 3.05) is 7.11 Å². The molecule has 0 aliphatic heterocycles. The number of hydrogen-bond donors (Lipinski definition) is 1. The maximum Gasteiger partial charge on any atom is 0.118 e. The van der Waals surface area contributed by atoms with Gasteiger partial charge in [0.2, 0.25) is 0 Å². The number of aromatic nitrogens is 3. The van der Waals surface area contributed by atoms with Crippen LogP contribution < -0.4 is 10.5 Å². The molecule has 0 unspecified atom stereocenters. The van der Waals surface area contributed by atoms with Gasteiger partial charge in [0.1, 0.15) is 11.4 Å². The second-order valence-corrected chi connectivity index (χ2v) is 3.63. The van der Waals surface area contributed by atoms with E-state index in [0.29, 0.717) is 6.54 Å².